The fraction of sp³-hybridized carbons (Fsp3) is 0.889. The Morgan fingerprint density at radius 3 is 1.83 bits per heavy atom. The van der Waals surface area contributed by atoms with E-state index < -0.39 is 0 Å². The van der Waals surface area contributed by atoms with Gasteiger partial charge in [0.25, 0.3) is 0 Å². The van der Waals surface area contributed by atoms with E-state index in [1.54, 1.807) is 5.57 Å². The molecule has 2 saturated carbocycles. The first-order valence-electron chi connectivity index (χ1n) is 8.29. The van der Waals surface area contributed by atoms with Crippen LogP contribution in [0.3, 0.4) is 0 Å². The maximum absolute atomic E-state index is 2.38. The van der Waals surface area contributed by atoms with Gasteiger partial charge in [0.2, 0.25) is 0 Å². The molecule has 2 aliphatic rings. The third-order valence-corrected chi connectivity index (χ3v) is 5.04. The van der Waals surface area contributed by atoms with Gasteiger partial charge in [-0.2, -0.15) is 0 Å². The van der Waals surface area contributed by atoms with Crippen LogP contribution in [-0.2, 0) is 0 Å². The van der Waals surface area contributed by atoms with E-state index in [1.807, 2.05) is 0 Å². The lowest BCUT2D eigenvalue weighted by Crippen LogP contribution is -2.10. The van der Waals surface area contributed by atoms with Gasteiger partial charge in [-0.15, -0.1) is 0 Å². The molecule has 0 aromatic rings. The van der Waals surface area contributed by atoms with E-state index >= 15 is 0 Å². The molecule has 0 atom stereocenters. The SMILES string of the molecule is CC=C1CCC(C)CC1.CCC1CCC(C)CC1. The molecule has 0 aromatic heterocycles. The molecular formula is C18H34. The van der Waals surface area contributed by atoms with E-state index in [0.717, 1.165) is 17.8 Å². The first kappa shape index (κ1) is 15.8. The first-order chi connectivity index (χ1) is 8.65. The normalized spacial score (nSPS) is 32.4. The van der Waals surface area contributed by atoms with Crippen LogP contribution in [0.5, 0.6) is 0 Å². The van der Waals surface area contributed by atoms with Crippen LogP contribution in [0.2, 0.25) is 0 Å². The number of allylic oxidation sites excluding steroid dienone is 2. The molecule has 0 unspecified atom stereocenters. The minimum atomic E-state index is 0.980. The van der Waals surface area contributed by atoms with Crippen LogP contribution in [0.25, 0.3) is 0 Å². The number of rotatable bonds is 1. The predicted molar refractivity (Wildman–Crippen MR) is 82.8 cm³/mol. The van der Waals surface area contributed by atoms with Crippen LogP contribution in [-0.4, -0.2) is 0 Å². The second kappa shape index (κ2) is 8.77. The molecule has 2 aliphatic carbocycles. The van der Waals surface area contributed by atoms with Gasteiger partial charge >= 0.3 is 0 Å². The molecule has 0 heterocycles. The van der Waals surface area contributed by atoms with Gasteiger partial charge in [0.05, 0.1) is 0 Å². The van der Waals surface area contributed by atoms with Crippen LogP contribution < -0.4 is 0 Å². The van der Waals surface area contributed by atoms with Crippen molar-refractivity contribution in [2.24, 2.45) is 17.8 Å². The van der Waals surface area contributed by atoms with Crippen molar-refractivity contribution < 1.29 is 0 Å². The van der Waals surface area contributed by atoms with Crippen molar-refractivity contribution in [1.29, 1.82) is 0 Å². The lowest BCUT2D eigenvalue weighted by Gasteiger charge is -2.24. The standard InChI is InChI=1S/C9H18.C9H16/c2*1-3-9-6-4-8(2)5-7-9/h8-9H,3-7H2,1-2H3;3,8H,4-7H2,1-2H3. The topological polar surface area (TPSA) is 0 Å². The lowest BCUT2D eigenvalue weighted by atomic mass is 9.82. The maximum Gasteiger partial charge on any atom is -0.0318 e. The van der Waals surface area contributed by atoms with Gasteiger partial charge in [0.15, 0.2) is 0 Å². The second-order valence-electron chi connectivity index (χ2n) is 6.66. The van der Waals surface area contributed by atoms with E-state index in [2.05, 4.69) is 33.8 Å². The van der Waals surface area contributed by atoms with Crippen LogP contribution in [0.15, 0.2) is 11.6 Å². The third kappa shape index (κ3) is 6.07. The van der Waals surface area contributed by atoms with Crippen LogP contribution >= 0.6 is 0 Å². The average molecular weight is 250 g/mol. The molecule has 2 fully saturated rings. The zero-order valence-electron chi connectivity index (χ0n) is 13.2. The monoisotopic (exact) mass is 250 g/mol. The van der Waals surface area contributed by atoms with E-state index in [4.69, 9.17) is 0 Å². The molecule has 18 heavy (non-hydrogen) atoms. The van der Waals surface area contributed by atoms with Crippen LogP contribution in [0.4, 0.5) is 0 Å². The molecule has 2 rings (SSSR count). The smallest absolute Gasteiger partial charge is 0.0318 e. The van der Waals surface area contributed by atoms with E-state index in [9.17, 15) is 0 Å². The van der Waals surface area contributed by atoms with Crippen molar-refractivity contribution in [2.75, 3.05) is 0 Å². The highest BCUT2D eigenvalue weighted by Gasteiger charge is 2.15. The predicted octanol–water partition coefficient (Wildman–Crippen LogP) is 6.37. The first-order valence-corrected chi connectivity index (χ1v) is 8.29. The van der Waals surface area contributed by atoms with Crippen molar-refractivity contribution >= 4 is 0 Å². The van der Waals surface area contributed by atoms with Gasteiger partial charge in [-0.25, -0.2) is 0 Å². The molecule has 0 radical (unpaired) electrons. The Morgan fingerprint density at radius 2 is 1.39 bits per heavy atom. The lowest BCUT2D eigenvalue weighted by molar-refractivity contribution is 0.284. The van der Waals surface area contributed by atoms with Gasteiger partial charge < -0.3 is 0 Å². The van der Waals surface area contributed by atoms with E-state index in [-0.39, 0.29) is 0 Å². The van der Waals surface area contributed by atoms with E-state index in [1.165, 1.54) is 57.8 Å². The summed E-state index contributed by atoms with van der Waals surface area (Å²) in [5.41, 5.74) is 1.67. The maximum atomic E-state index is 2.38. The zero-order valence-corrected chi connectivity index (χ0v) is 13.2. The molecule has 106 valence electrons. The molecular weight excluding hydrogens is 216 g/mol. The highest BCUT2D eigenvalue weighted by atomic mass is 14.2. The minimum absolute atomic E-state index is 0.980. The summed E-state index contributed by atoms with van der Waals surface area (Å²) >= 11 is 0. The Morgan fingerprint density at radius 1 is 0.889 bits per heavy atom. The minimum Gasteiger partial charge on any atom is -0.0885 e. The zero-order chi connectivity index (χ0) is 13.4. The summed E-state index contributed by atoms with van der Waals surface area (Å²) < 4.78 is 0. The van der Waals surface area contributed by atoms with Crippen LogP contribution in [0.1, 0.15) is 85.5 Å². The summed E-state index contributed by atoms with van der Waals surface area (Å²) in [5.74, 6) is 3.07. The molecule has 0 saturated heterocycles. The van der Waals surface area contributed by atoms with Crippen molar-refractivity contribution in [3.63, 3.8) is 0 Å². The number of hydrogen-bond donors (Lipinski definition) is 0. The molecule has 0 heteroatoms. The van der Waals surface area contributed by atoms with E-state index in [0.29, 0.717) is 0 Å². The summed E-state index contributed by atoms with van der Waals surface area (Å²) in [6.07, 6.45) is 15.2. The molecule has 0 aliphatic heterocycles. The summed E-state index contributed by atoms with van der Waals surface area (Å²) in [6.45, 7) is 9.21. The van der Waals surface area contributed by atoms with Gasteiger partial charge in [-0.3, -0.25) is 0 Å². The molecule has 0 spiro atoms. The average Bonchev–Trinajstić information content (AvgIpc) is 2.41. The van der Waals surface area contributed by atoms with Gasteiger partial charge in [0, 0.05) is 0 Å². The van der Waals surface area contributed by atoms with Gasteiger partial charge in [-0.05, 0) is 50.4 Å². The van der Waals surface area contributed by atoms with Crippen molar-refractivity contribution in [2.45, 2.75) is 85.5 Å². The van der Waals surface area contributed by atoms with Crippen LogP contribution in [0, 0.1) is 17.8 Å². The van der Waals surface area contributed by atoms with Crippen molar-refractivity contribution in [1.82, 2.24) is 0 Å². The molecule has 0 aromatic carbocycles. The Balaban J connectivity index is 0.000000180. The molecule has 0 N–H and O–H groups in total. The summed E-state index contributed by atoms with van der Waals surface area (Å²) in [6, 6.07) is 0. The Labute approximate surface area is 115 Å². The molecule has 0 nitrogen and oxygen atoms in total. The summed E-state index contributed by atoms with van der Waals surface area (Å²) in [4.78, 5) is 0. The molecule has 0 amide bonds. The highest BCUT2D eigenvalue weighted by molar-refractivity contribution is 5.02. The second-order valence-corrected chi connectivity index (χ2v) is 6.66. The quantitative estimate of drug-likeness (QED) is 0.475. The third-order valence-electron chi connectivity index (χ3n) is 5.04. The summed E-state index contributed by atoms with van der Waals surface area (Å²) in [5, 5.41) is 0. The molecule has 0 bridgehead atoms. The fourth-order valence-corrected chi connectivity index (χ4v) is 3.16. The highest BCUT2D eigenvalue weighted by Crippen LogP contribution is 2.29. The largest absolute Gasteiger partial charge is 0.0885 e. The Hall–Kier alpha value is -0.260. The summed E-state index contributed by atoms with van der Waals surface area (Å²) in [7, 11) is 0. The number of hydrogen-bond acceptors (Lipinski definition) is 0. The van der Waals surface area contributed by atoms with Gasteiger partial charge in [0.1, 0.15) is 0 Å². The van der Waals surface area contributed by atoms with Gasteiger partial charge in [-0.1, -0.05) is 64.5 Å². The van der Waals surface area contributed by atoms with Crippen molar-refractivity contribution in [3.8, 4) is 0 Å². The van der Waals surface area contributed by atoms with Crippen molar-refractivity contribution in [3.05, 3.63) is 11.6 Å². The fourth-order valence-electron chi connectivity index (χ4n) is 3.16. The Bertz CT molecular complexity index is 220. The Kier molecular flexibility index (Phi) is 7.70.